The van der Waals surface area contributed by atoms with Crippen molar-refractivity contribution >= 4 is 28.7 Å². The Labute approximate surface area is 168 Å². The molecular weight excluding hydrogens is 398 g/mol. The van der Waals surface area contributed by atoms with Gasteiger partial charge in [-0.25, -0.2) is 9.98 Å². The molecule has 5 N–H and O–H groups in total. The number of nitrogens with one attached hydrogen (secondary N) is 1. The number of hydrogen-bond acceptors (Lipinski definition) is 9. The molecule has 2 aromatic rings. The first-order valence-electron chi connectivity index (χ1n) is 8.91. The number of fused-ring (bicyclic) bond motifs is 1. The number of carbonyl (C=O) groups excluding carboxylic acids is 1. The number of nitrogens with zero attached hydrogens (tertiary/aromatic N) is 3. The molecule has 2 aliphatic rings. The van der Waals surface area contributed by atoms with E-state index in [9.17, 15) is 19.2 Å². The molecule has 29 heavy (non-hydrogen) atoms. The molecule has 0 saturated carbocycles. The zero-order chi connectivity index (χ0) is 20.8. The SMILES string of the molecule is CS(=O)C1[C@H](n2cnc3c2NC=NC3(N)C(=O)c2ccccc2)O[C@H](CO)[C@H]1O. The summed E-state index contributed by atoms with van der Waals surface area (Å²) in [5.41, 5.74) is 5.20. The first-order chi connectivity index (χ1) is 13.9. The van der Waals surface area contributed by atoms with Crippen molar-refractivity contribution in [2.24, 2.45) is 10.7 Å². The lowest BCUT2D eigenvalue weighted by atomic mass is 9.95. The number of carbonyl (C=O) groups is 1. The van der Waals surface area contributed by atoms with Gasteiger partial charge >= 0.3 is 0 Å². The zero-order valence-corrected chi connectivity index (χ0v) is 16.3. The molecule has 6 atom stereocenters. The second kappa shape index (κ2) is 7.43. The van der Waals surface area contributed by atoms with E-state index in [0.29, 0.717) is 11.4 Å². The van der Waals surface area contributed by atoms with Crippen LogP contribution >= 0.6 is 0 Å². The zero-order valence-electron chi connectivity index (χ0n) is 15.5. The third-order valence-electron chi connectivity index (χ3n) is 5.16. The quantitative estimate of drug-likeness (QED) is 0.466. The molecule has 3 heterocycles. The molecule has 1 fully saturated rings. The van der Waals surface area contributed by atoms with Crippen LogP contribution in [0.2, 0.25) is 0 Å². The molecule has 1 aromatic carbocycles. The molecule has 10 nitrogen and oxygen atoms in total. The molecule has 3 unspecified atom stereocenters. The Balaban J connectivity index is 1.75. The molecule has 0 spiro atoms. The monoisotopic (exact) mass is 419 g/mol. The smallest absolute Gasteiger partial charge is 0.219 e. The van der Waals surface area contributed by atoms with Crippen LogP contribution in [-0.4, -0.2) is 66.4 Å². The van der Waals surface area contributed by atoms with E-state index in [1.165, 1.54) is 23.5 Å². The molecule has 1 aromatic heterocycles. The summed E-state index contributed by atoms with van der Waals surface area (Å²) in [6.45, 7) is -0.426. The molecule has 11 heteroatoms. The minimum atomic E-state index is -1.75. The number of aliphatic hydroxyl groups is 2. The summed E-state index contributed by atoms with van der Waals surface area (Å²) in [4.78, 5) is 21.5. The Bertz CT molecular complexity index is 980. The minimum absolute atomic E-state index is 0.181. The Morgan fingerprint density at radius 3 is 2.79 bits per heavy atom. The number of ketones is 1. The second-order valence-corrected chi connectivity index (χ2v) is 8.46. The molecule has 1 saturated heterocycles. The van der Waals surface area contributed by atoms with Crippen LogP contribution in [0.4, 0.5) is 5.82 Å². The number of ether oxygens (including phenoxy) is 1. The Morgan fingerprint density at radius 2 is 2.14 bits per heavy atom. The molecule has 0 bridgehead atoms. The summed E-state index contributed by atoms with van der Waals surface area (Å²) >= 11 is 0. The number of benzene rings is 1. The fraction of sp³-hybridized carbons (Fsp3) is 0.389. The maximum absolute atomic E-state index is 13.1. The second-order valence-electron chi connectivity index (χ2n) is 6.91. The molecule has 0 amide bonds. The molecular formula is C18H21N5O5S. The normalized spacial score (nSPS) is 31.9. The minimum Gasteiger partial charge on any atom is -0.394 e. The highest BCUT2D eigenvalue weighted by Crippen LogP contribution is 2.39. The summed E-state index contributed by atoms with van der Waals surface area (Å²) in [7, 11) is -1.46. The van der Waals surface area contributed by atoms with Gasteiger partial charge in [0.2, 0.25) is 11.4 Å². The van der Waals surface area contributed by atoms with Gasteiger partial charge in [0.25, 0.3) is 0 Å². The molecule has 0 aliphatic carbocycles. The first kappa shape index (κ1) is 19.9. The topological polar surface area (TPSA) is 152 Å². The van der Waals surface area contributed by atoms with Crippen molar-refractivity contribution in [2.45, 2.75) is 29.3 Å². The van der Waals surface area contributed by atoms with Crippen molar-refractivity contribution in [3.05, 3.63) is 47.9 Å². The van der Waals surface area contributed by atoms with Crippen LogP contribution in [-0.2, 0) is 21.2 Å². The number of anilines is 1. The van der Waals surface area contributed by atoms with Gasteiger partial charge in [-0.3, -0.25) is 19.3 Å². The Kier molecular flexibility index (Phi) is 5.09. The van der Waals surface area contributed by atoms with Crippen molar-refractivity contribution in [2.75, 3.05) is 18.2 Å². The van der Waals surface area contributed by atoms with E-state index in [1.807, 2.05) is 0 Å². The number of aliphatic hydroxyl groups excluding tert-OH is 2. The van der Waals surface area contributed by atoms with Crippen LogP contribution in [0, 0.1) is 0 Å². The number of imidazole rings is 1. The van der Waals surface area contributed by atoms with Crippen LogP contribution in [0.25, 0.3) is 0 Å². The Hall–Kier alpha value is -2.44. The highest BCUT2D eigenvalue weighted by atomic mass is 32.2. The number of aromatic nitrogens is 2. The maximum atomic E-state index is 13.1. The van der Waals surface area contributed by atoms with E-state index in [-0.39, 0.29) is 5.69 Å². The van der Waals surface area contributed by atoms with E-state index in [4.69, 9.17) is 10.5 Å². The predicted molar refractivity (Wildman–Crippen MR) is 106 cm³/mol. The first-order valence-corrected chi connectivity index (χ1v) is 10.5. The van der Waals surface area contributed by atoms with Crippen molar-refractivity contribution in [1.29, 1.82) is 0 Å². The number of rotatable bonds is 5. The van der Waals surface area contributed by atoms with Crippen molar-refractivity contribution < 1.29 is 24.0 Å². The van der Waals surface area contributed by atoms with Gasteiger partial charge in [0, 0.05) is 22.6 Å². The third kappa shape index (κ3) is 3.11. The lowest BCUT2D eigenvalue weighted by Crippen LogP contribution is -2.46. The van der Waals surface area contributed by atoms with Gasteiger partial charge in [0.1, 0.15) is 29.0 Å². The maximum Gasteiger partial charge on any atom is 0.219 e. The van der Waals surface area contributed by atoms with E-state index in [0.717, 1.165) is 0 Å². The van der Waals surface area contributed by atoms with Gasteiger partial charge in [-0.1, -0.05) is 30.3 Å². The van der Waals surface area contributed by atoms with Gasteiger partial charge < -0.3 is 20.3 Å². The van der Waals surface area contributed by atoms with Gasteiger partial charge in [-0.05, 0) is 0 Å². The molecule has 0 radical (unpaired) electrons. The lowest BCUT2D eigenvalue weighted by molar-refractivity contribution is -0.0435. The van der Waals surface area contributed by atoms with Crippen molar-refractivity contribution in [3.63, 3.8) is 0 Å². The fourth-order valence-electron chi connectivity index (χ4n) is 3.66. The molecule has 2 aliphatic heterocycles. The van der Waals surface area contributed by atoms with E-state index >= 15 is 0 Å². The summed E-state index contributed by atoms with van der Waals surface area (Å²) in [5.74, 6) is -0.0865. The van der Waals surface area contributed by atoms with Crippen molar-refractivity contribution in [3.8, 4) is 0 Å². The summed E-state index contributed by atoms with van der Waals surface area (Å²) in [6, 6.07) is 8.53. The largest absolute Gasteiger partial charge is 0.394 e. The molecule has 4 rings (SSSR count). The van der Waals surface area contributed by atoms with Gasteiger partial charge in [0.05, 0.1) is 19.3 Å². The number of aliphatic imine (C=N–C) groups is 1. The van der Waals surface area contributed by atoms with E-state index < -0.39 is 52.5 Å². The highest BCUT2D eigenvalue weighted by Gasteiger charge is 2.49. The fourth-order valence-corrected chi connectivity index (χ4v) is 4.75. The highest BCUT2D eigenvalue weighted by molar-refractivity contribution is 7.85. The summed E-state index contributed by atoms with van der Waals surface area (Å²) < 4.78 is 19.5. The number of nitrogens with two attached hydrogens (primary N) is 1. The standard InChI is InChI=1S/C18H21N5O5S/c1-29(27)13-12(25)11(7-24)28-17(13)23-9-21-14-16(23)20-8-22-18(14,19)15(26)10-5-3-2-4-6-10/h2-6,8-9,11-13,17,24-25H,7,19H2,1H3,(H,20,22)/t11-,12-,13?,17-,18?,29?/m1/s1. The van der Waals surface area contributed by atoms with Crippen LogP contribution in [0.3, 0.4) is 0 Å². The van der Waals surface area contributed by atoms with Crippen LogP contribution in [0.5, 0.6) is 0 Å². The van der Waals surface area contributed by atoms with Crippen LogP contribution in [0.1, 0.15) is 22.3 Å². The average Bonchev–Trinajstić information content (AvgIpc) is 3.29. The van der Waals surface area contributed by atoms with Gasteiger partial charge in [0.15, 0.2) is 6.23 Å². The average molecular weight is 419 g/mol. The third-order valence-corrected chi connectivity index (χ3v) is 6.43. The Morgan fingerprint density at radius 1 is 1.41 bits per heavy atom. The van der Waals surface area contributed by atoms with Gasteiger partial charge in [-0.15, -0.1) is 0 Å². The van der Waals surface area contributed by atoms with Crippen LogP contribution < -0.4 is 11.1 Å². The number of hydrogen-bond donors (Lipinski definition) is 4. The van der Waals surface area contributed by atoms with Crippen molar-refractivity contribution in [1.82, 2.24) is 9.55 Å². The lowest BCUT2D eigenvalue weighted by Gasteiger charge is -2.28. The number of Topliss-reactive ketones (excluding diaryl/α,β-unsaturated/α-hetero) is 1. The summed E-state index contributed by atoms with van der Waals surface area (Å²) in [6.07, 6.45) is 1.25. The molecule has 154 valence electrons. The van der Waals surface area contributed by atoms with Gasteiger partial charge in [-0.2, -0.15) is 0 Å². The predicted octanol–water partition coefficient (Wildman–Crippen LogP) is -0.671. The van der Waals surface area contributed by atoms with Crippen LogP contribution in [0.15, 0.2) is 41.7 Å². The van der Waals surface area contributed by atoms with E-state index in [1.54, 1.807) is 30.3 Å². The van der Waals surface area contributed by atoms with E-state index in [2.05, 4.69) is 15.3 Å². The summed E-state index contributed by atoms with van der Waals surface area (Å²) in [5, 5.41) is 22.0.